The molecule has 8 aromatic rings. The van der Waals surface area contributed by atoms with Gasteiger partial charge >= 0.3 is 0 Å². The topological polar surface area (TPSA) is 111 Å². The third-order valence-electron chi connectivity index (χ3n) is 16.7. The molecular formula is C74H82O10. The van der Waals surface area contributed by atoms with Crippen LogP contribution in [0, 0.1) is 23.7 Å². The Labute approximate surface area is 497 Å². The number of methoxy groups -OCH3 is 2. The van der Waals surface area contributed by atoms with Gasteiger partial charge in [0.2, 0.25) is 0 Å². The predicted molar refractivity (Wildman–Crippen MR) is 330 cm³/mol. The van der Waals surface area contributed by atoms with E-state index in [2.05, 4.69) is 100 Å². The summed E-state index contributed by atoms with van der Waals surface area (Å²) < 4.78 is 50.6. The molecule has 8 aromatic carbocycles. The van der Waals surface area contributed by atoms with Gasteiger partial charge in [-0.25, -0.2) is 0 Å². The summed E-state index contributed by atoms with van der Waals surface area (Å²) >= 11 is 0. The molecule has 438 valence electrons. The highest BCUT2D eigenvalue weighted by Gasteiger charge is 2.52. The van der Waals surface area contributed by atoms with Crippen LogP contribution >= 0.6 is 0 Å². The van der Waals surface area contributed by atoms with E-state index in [1.165, 1.54) is 0 Å². The zero-order valence-corrected chi connectivity index (χ0v) is 49.4. The van der Waals surface area contributed by atoms with Crippen molar-refractivity contribution in [2.75, 3.05) is 14.2 Å². The van der Waals surface area contributed by atoms with Gasteiger partial charge in [0.25, 0.3) is 0 Å². The van der Waals surface area contributed by atoms with Gasteiger partial charge in [0.1, 0.15) is 35.2 Å². The first-order valence-corrected chi connectivity index (χ1v) is 29.7. The van der Waals surface area contributed by atoms with Crippen LogP contribution in [-0.4, -0.2) is 67.8 Å². The van der Waals surface area contributed by atoms with E-state index in [-0.39, 0.29) is 41.7 Å². The van der Waals surface area contributed by atoms with Gasteiger partial charge in [-0.3, -0.25) is 4.79 Å². The van der Waals surface area contributed by atoms with Crippen molar-refractivity contribution in [3.05, 3.63) is 263 Å². The van der Waals surface area contributed by atoms with Crippen LogP contribution in [-0.2, 0) is 63.0 Å². The van der Waals surface area contributed by atoms with Crippen LogP contribution in [0.1, 0.15) is 85.0 Å². The van der Waals surface area contributed by atoms with Crippen LogP contribution < -0.4 is 18.9 Å². The summed E-state index contributed by atoms with van der Waals surface area (Å²) in [6.07, 6.45) is -0.869. The minimum Gasteiger partial charge on any atom is -0.497 e. The first kappa shape index (κ1) is 61.0. The Morgan fingerprint density at radius 3 is 1.15 bits per heavy atom. The summed E-state index contributed by atoms with van der Waals surface area (Å²) in [7, 11) is 3.34. The van der Waals surface area contributed by atoms with Gasteiger partial charge in [-0.1, -0.05) is 216 Å². The lowest BCUT2D eigenvalue weighted by Gasteiger charge is -2.48. The maximum atomic E-state index is 14.1. The number of aliphatic hydroxyl groups is 1. The Bertz CT molecular complexity index is 3200. The second-order valence-electron chi connectivity index (χ2n) is 22.1. The fourth-order valence-electron chi connectivity index (χ4n) is 11.9. The average Bonchev–Trinajstić information content (AvgIpc) is 3.69. The Morgan fingerprint density at radius 2 is 0.750 bits per heavy atom. The van der Waals surface area contributed by atoms with Crippen LogP contribution in [0.25, 0.3) is 0 Å². The minimum atomic E-state index is -0.798. The van der Waals surface area contributed by atoms with Gasteiger partial charge in [0, 0.05) is 18.8 Å². The summed E-state index contributed by atoms with van der Waals surface area (Å²) in [6.45, 7) is 10.1. The van der Waals surface area contributed by atoms with Crippen LogP contribution in [0.15, 0.2) is 218 Å². The molecule has 0 saturated heterocycles. The smallest absolute Gasteiger partial charge is 0.185 e. The van der Waals surface area contributed by atoms with Gasteiger partial charge < -0.3 is 43.0 Å². The minimum absolute atomic E-state index is 0.00102. The zero-order valence-electron chi connectivity index (χ0n) is 49.4. The molecule has 10 heteroatoms. The number of carbonyl (C=O) groups excluding carboxylic acids is 1. The molecule has 0 unspecified atom stereocenters. The van der Waals surface area contributed by atoms with Crippen LogP contribution in [0.3, 0.4) is 0 Å². The van der Waals surface area contributed by atoms with Crippen molar-refractivity contribution in [3.63, 3.8) is 0 Å². The largest absolute Gasteiger partial charge is 0.497 e. The number of hydrogen-bond donors (Lipinski definition) is 1. The highest BCUT2D eigenvalue weighted by molar-refractivity contribution is 5.88. The van der Waals surface area contributed by atoms with Gasteiger partial charge in [0.15, 0.2) is 18.0 Å². The van der Waals surface area contributed by atoms with Crippen molar-refractivity contribution in [2.24, 2.45) is 23.7 Å². The number of rotatable bonds is 24. The number of carbonyl (C=O) groups is 1. The lowest BCUT2D eigenvalue weighted by atomic mass is 9.72. The highest BCUT2D eigenvalue weighted by atomic mass is 16.6. The number of ether oxygens (including phenoxy) is 8. The first-order valence-electron chi connectivity index (χ1n) is 29.7. The number of benzene rings is 8. The second kappa shape index (κ2) is 30.8. The van der Waals surface area contributed by atoms with Crippen molar-refractivity contribution < 1.29 is 47.8 Å². The number of Topliss-reactive ketones (excluding diaryl/α,β-unsaturated/α-hetero) is 1. The average molecular weight is 1130 g/mol. The van der Waals surface area contributed by atoms with Gasteiger partial charge in [0.05, 0.1) is 59.0 Å². The predicted octanol–water partition coefficient (Wildman–Crippen LogP) is 14.7. The molecule has 2 aliphatic rings. The molecule has 11 atom stereocenters. The van der Waals surface area contributed by atoms with Crippen molar-refractivity contribution >= 4 is 5.78 Å². The van der Waals surface area contributed by atoms with E-state index in [1.54, 1.807) is 14.2 Å². The summed E-state index contributed by atoms with van der Waals surface area (Å²) in [5.74, 6) is 3.00. The molecule has 0 amide bonds. The molecule has 84 heavy (non-hydrogen) atoms. The van der Waals surface area contributed by atoms with E-state index in [0.29, 0.717) is 51.4 Å². The second-order valence-corrected chi connectivity index (χ2v) is 22.1. The molecule has 0 spiro atoms. The highest BCUT2D eigenvalue weighted by Crippen LogP contribution is 2.41. The Kier molecular flexibility index (Phi) is 22.4. The van der Waals surface area contributed by atoms with Crippen LogP contribution in [0.5, 0.6) is 23.0 Å². The normalized spacial score (nSPS) is 22.9. The number of aliphatic hydroxyl groups excluding tert-OH is 1. The zero-order chi connectivity index (χ0) is 58.6. The molecule has 1 N–H and O–H groups in total. The SMILES string of the molecule is CC[C@@H]1[C@@H](C)[C@H](OCc2ccccc2)[C@@H](OCc2ccccc2)[C@H](Oc2ccccc2Cc2ccc(OC)cc2)[C@H]1O.CC[C@H]1C(=O)[C@@H](Oc2ccccc2Cc2ccc(OC)cc2)[C@H](OCc2ccccc2)[C@@H](OCc2ccccc2)[C@@H]1C. The fraction of sp³-hybridized carbons (Fsp3) is 0.338. The molecule has 0 bridgehead atoms. The lowest BCUT2D eigenvalue weighted by molar-refractivity contribution is -0.212. The first-order chi connectivity index (χ1) is 41.1. The summed E-state index contributed by atoms with van der Waals surface area (Å²) in [4.78, 5) is 14.1. The van der Waals surface area contributed by atoms with E-state index in [9.17, 15) is 9.90 Å². The third-order valence-corrected chi connectivity index (χ3v) is 16.7. The number of hydrogen-bond acceptors (Lipinski definition) is 10. The molecule has 10 rings (SSSR count). The standard InChI is InChI=1S/C37H42O5.C37H40O5/c2*1-4-32-26(2)35(40-24-28-13-7-5-8-14-28)37(41-25-29-15-9-6-10-16-29)36(34(32)38)42-33-18-12-11-17-30(33)23-27-19-21-31(39-3)22-20-27/h5-22,26,32,34-38H,4,23-25H2,1-3H3;5-22,26,32,35-37H,4,23-25H2,1-3H3/t26-,32-,34+,35+,36-,37-;26-,32-,35+,36-,37-/m11/s1. The number of para-hydroxylation sites is 2. The van der Waals surface area contributed by atoms with Gasteiger partial charge in [-0.05, 0) is 105 Å². The quantitative estimate of drug-likeness (QED) is 0.0628. The molecule has 0 heterocycles. The summed E-state index contributed by atoms with van der Waals surface area (Å²) in [6, 6.07) is 72.6. The number of ketones is 1. The van der Waals surface area contributed by atoms with E-state index < -0.39 is 30.5 Å². The van der Waals surface area contributed by atoms with E-state index in [1.807, 2.05) is 146 Å². The van der Waals surface area contributed by atoms with Crippen LogP contribution in [0.4, 0.5) is 0 Å². The molecule has 0 aliphatic heterocycles. The molecule has 10 nitrogen and oxygen atoms in total. The monoisotopic (exact) mass is 1130 g/mol. The van der Waals surface area contributed by atoms with E-state index in [0.717, 1.165) is 68.2 Å². The maximum Gasteiger partial charge on any atom is 0.185 e. The van der Waals surface area contributed by atoms with E-state index >= 15 is 0 Å². The molecule has 2 aliphatic carbocycles. The van der Waals surface area contributed by atoms with E-state index in [4.69, 9.17) is 37.9 Å². The fourth-order valence-corrected chi connectivity index (χ4v) is 11.9. The molecular weight excluding hydrogens is 1050 g/mol. The molecule has 0 aromatic heterocycles. The van der Waals surface area contributed by atoms with Gasteiger partial charge in [-0.2, -0.15) is 0 Å². The Morgan fingerprint density at radius 1 is 0.381 bits per heavy atom. The summed E-state index contributed by atoms with van der Waals surface area (Å²) in [5.41, 5.74) is 8.62. The van der Waals surface area contributed by atoms with Crippen molar-refractivity contribution in [1.82, 2.24) is 0 Å². The molecule has 0 radical (unpaired) electrons. The molecule has 2 fully saturated rings. The molecule has 2 saturated carbocycles. The lowest BCUT2D eigenvalue weighted by Crippen LogP contribution is -2.61. The Hall–Kier alpha value is -7.57. The summed E-state index contributed by atoms with van der Waals surface area (Å²) in [5, 5.41) is 11.8. The van der Waals surface area contributed by atoms with Crippen molar-refractivity contribution in [3.8, 4) is 23.0 Å². The van der Waals surface area contributed by atoms with Gasteiger partial charge in [-0.15, -0.1) is 0 Å². The van der Waals surface area contributed by atoms with Crippen molar-refractivity contribution in [2.45, 2.75) is 123 Å². The third kappa shape index (κ3) is 16.0. The maximum absolute atomic E-state index is 14.1. The Balaban J connectivity index is 0.000000202. The van der Waals surface area contributed by atoms with Crippen LogP contribution in [0.2, 0.25) is 0 Å². The van der Waals surface area contributed by atoms with Crippen molar-refractivity contribution in [1.29, 1.82) is 0 Å².